The predicted octanol–water partition coefficient (Wildman–Crippen LogP) is 4.59. The number of piperidine rings is 1. The average Bonchev–Trinajstić information content (AvgIpc) is 2.86. The summed E-state index contributed by atoms with van der Waals surface area (Å²) in [5, 5.41) is 3.17. The SMILES string of the molecule is Cc1ccc(S(=O)(=O)N(C)c2ccc(C(=O)NC3CCN(CC4CCCCC4)CC3)cc2)cc1. The number of sulfonamides is 1. The normalized spacial score (nSPS) is 18.5. The Hall–Kier alpha value is -2.38. The van der Waals surface area contributed by atoms with Gasteiger partial charge < -0.3 is 10.2 Å². The van der Waals surface area contributed by atoms with Gasteiger partial charge in [-0.1, -0.05) is 37.0 Å². The average molecular weight is 484 g/mol. The molecular formula is C27H37N3O3S. The van der Waals surface area contributed by atoms with Crippen LogP contribution < -0.4 is 9.62 Å². The van der Waals surface area contributed by atoms with Crippen LogP contribution in [-0.4, -0.2) is 51.9 Å². The zero-order valence-corrected chi connectivity index (χ0v) is 21.2. The fourth-order valence-electron chi connectivity index (χ4n) is 5.09. The van der Waals surface area contributed by atoms with Crippen LogP contribution >= 0.6 is 0 Å². The van der Waals surface area contributed by atoms with Crippen molar-refractivity contribution in [2.24, 2.45) is 5.92 Å². The first-order valence-corrected chi connectivity index (χ1v) is 14.0. The fraction of sp³-hybridized carbons (Fsp3) is 0.519. The van der Waals surface area contributed by atoms with E-state index in [1.54, 1.807) is 48.5 Å². The molecule has 4 rings (SSSR count). The molecule has 0 spiro atoms. The summed E-state index contributed by atoms with van der Waals surface area (Å²) >= 11 is 0. The van der Waals surface area contributed by atoms with Crippen LogP contribution in [0, 0.1) is 12.8 Å². The molecule has 34 heavy (non-hydrogen) atoms. The zero-order valence-electron chi connectivity index (χ0n) is 20.4. The smallest absolute Gasteiger partial charge is 0.264 e. The maximum Gasteiger partial charge on any atom is 0.264 e. The van der Waals surface area contributed by atoms with E-state index in [1.165, 1.54) is 50.0 Å². The van der Waals surface area contributed by atoms with Gasteiger partial charge in [0.25, 0.3) is 15.9 Å². The van der Waals surface area contributed by atoms with Crippen LogP contribution in [0.2, 0.25) is 0 Å². The standard InChI is InChI=1S/C27H37N3O3S/c1-21-8-14-26(15-9-21)34(32,33)29(2)25-12-10-23(11-13-25)27(31)28-24-16-18-30(19-17-24)20-22-6-4-3-5-7-22/h8-15,22,24H,3-7,16-20H2,1-2H3,(H,28,31). The lowest BCUT2D eigenvalue weighted by Gasteiger charge is -2.35. The summed E-state index contributed by atoms with van der Waals surface area (Å²) in [5.74, 6) is 0.757. The summed E-state index contributed by atoms with van der Waals surface area (Å²) in [6.45, 7) is 5.22. The summed E-state index contributed by atoms with van der Waals surface area (Å²) in [5.41, 5.74) is 2.08. The maximum absolute atomic E-state index is 12.9. The monoisotopic (exact) mass is 483 g/mol. The minimum atomic E-state index is -3.65. The lowest BCUT2D eigenvalue weighted by Crippen LogP contribution is -2.45. The molecule has 1 aliphatic heterocycles. The number of rotatable bonds is 7. The summed E-state index contributed by atoms with van der Waals surface area (Å²) in [6, 6.07) is 13.8. The van der Waals surface area contributed by atoms with Crippen molar-refractivity contribution in [2.75, 3.05) is 31.0 Å². The molecule has 1 saturated carbocycles. The van der Waals surface area contributed by atoms with Gasteiger partial charge in [-0.05, 0) is 74.9 Å². The molecule has 2 aliphatic rings. The highest BCUT2D eigenvalue weighted by Crippen LogP contribution is 2.26. The van der Waals surface area contributed by atoms with Crippen molar-refractivity contribution in [3.05, 3.63) is 59.7 Å². The third kappa shape index (κ3) is 5.99. The molecule has 0 radical (unpaired) electrons. The highest BCUT2D eigenvalue weighted by Gasteiger charge is 2.25. The second-order valence-electron chi connectivity index (χ2n) is 9.88. The Bertz CT molecular complexity index is 1050. The van der Waals surface area contributed by atoms with Gasteiger partial charge in [0.15, 0.2) is 0 Å². The largest absolute Gasteiger partial charge is 0.349 e. The number of nitrogens with one attached hydrogen (secondary N) is 1. The highest BCUT2D eigenvalue weighted by atomic mass is 32.2. The Morgan fingerprint density at radius 1 is 0.941 bits per heavy atom. The number of hydrogen-bond donors (Lipinski definition) is 1. The number of hydrogen-bond acceptors (Lipinski definition) is 4. The summed E-state index contributed by atoms with van der Waals surface area (Å²) in [7, 11) is -2.12. The van der Waals surface area contributed by atoms with Crippen LogP contribution in [0.1, 0.15) is 60.9 Å². The van der Waals surface area contributed by atoms with Crippen LogP contribution in [0.3, 0.4) is 0 Å². The van der Waals surface area contributed by atoms with Crippen LogP contribution in [-0.2, 0) is 10.0 Å². The van der Waals surface area contributed by atoms with Crippen molar-refractivity contribution in [1.82, 2.24) is 10.2 Å². The first-order chi connectivity index (χ1) is 16.3. The van der Waals surface area contributed by atoms with Crippen LogP contribution in [0.5, 0.6) is 0 Å². The molecule has 1 saturated heterocycles. The Balaban J connectivity index is 1.29. The van der Waals surface area contributed by atoms with E-state index in [1.807, 2.05) is 6.92 Å². The quantitative estimate of drug-likeness (QED) is 0.625. The van der Waals surface area contributed by atoms with E-state index in [0.717, 1.165) is 37.4 Å². The molecule has 0 bridgehead atoms. The molecule has 6 nitrogen and oxygen atoms in total. The number of aryl methyl sites for hydroxylation is 1. The van der Waals surface area contributed by atoms with E-state index in [9.17, 15) is 13.2 Å². The second kappa shape index (κ2) is 10.9. The molecule has 7 heteroatoms. The molecule has 0 atom stereocenters. The summed E-state index contributed by atoms with van der Waals surface area (Å²) in [4.78, 5) is 15.6. The van der Waals surface area contributed by atoms with Gasteiger partial charge in [0.1, 0.15) is 0 Å². The molecule has 184 valence electrons. The number of anilines is 1. The molecule has 2 aromatic rings. The molecule has 2 fully saturated rings. The molecule has 1 aliphatic carbocycles. The van der Waals surface area contributed by atoms with E-state index < -0.39 is 10.0 Å². The third-order valence-corrected chi connectivity index (χ3v) is 9.14. The maximum atomic E-state index is 12.9. The van der Waals surface area contributed by atoms with Crippen molar-refractivity contribution in [2.45, 2.75) is 62.8 Å². The van der Waals surface area contributed by atoms with Gasteiger partial charge in [-0.2, -0.15) is 0 Å². The fourth-order valence-corrected chi connectivity index (χ4v) is 6.29. The number of amides is 1. The predicted molar refractivity (Wildman–Crippen MR) is 137 cm³/mol. The van der Waals surface area contributed by atoms with Crippen LogP contribution in [0.15, 0.2) is 53.4 Å². The number of benzene rings is 2. The van der Waals surface area contributed by atoms with E-state index in [4.69, 9.17) is 0 Å². The van der Waals surface area contributed by atoms with E-state index in [2.05, 4.69) is 10.2 Å². The molecule has 0 unspecified atom stereocenters. The van der Waals surface area contributed by atoms with E-state index >= 15 is 0 Å². The van der Waals surface area contributed by atoms with E-state index in [-0.39, 0.29) is 16.8 Å². The molecule has 1 N–H and O–H groups in total. The van der Waals surface area contributed by atoms with Gasteiger partial charge in [0.05, 0.1) is 10.6 Å². The molecule has 1 amide bonds. The Morgan fingerprint density at radius 2 is 1.56 bits per heavy atom. The van der Waals surface area contributed by atoms with Gasteiger partial charge in [-0.15, -0.1) is 0 Å². The number of nitrogens with zero attached hydrogens (tertiary/aromatic N) is 2. The van der Waals surface area contributed by atoms with E-state index in [0.29, 0.717) is 11.3 Å². The first kappa shape index (κ1) is 24.7. The lowest BCUT2D eigenvalue weighted by atomic mass is 9.88. The van der Waals surface area contributed by atoms with Gasteiger partial charge in [0.2, 0.25) is 0 Å². The minimum absolute atomic E-state index is 0.0960. The number of carbonyl (C=O) groups excluding carboxylic acids is 1. The second-order valence-corrected chi connectivity index (χ2v) is 11.9. The Labute approximate surface area is 204 Å². The lowest BCUT2D eigenvalue weighted by molar-refractivity contribution is 0.0901. The minimum Gasteiger partial charge on any atom is -0.349 e. The Morgan fingerprint density at radius 3 is 2.18 bits per heavy atom. The zero-order chi connectivity index (χ0) is 24.1. The highest BCUT2D eigenvalue weighted by molar-refractivity contribution is 7.92. The van der Waals surface area contributed by atoms with Crippen molar-refractivity contribution in [1.29, 1.82) is 0 Å². The summed E-state index contributed by atoms with van der Waals surface area (Å²) < 4.78 is 27.1. The molecule has 1 heterocycles. The topological polar surface area (TPSA) is 69.7 Å². The van der Waals surface area contributed by atoms with Crippen molar-refractivity contribution in [3.8, 4) is 0 Å². The van der Waals surface area contributed by atoms with Crippen LogP contribution in [0.25, 0.3) is 0 Å². The first-order valence-electron chi connectivity index (χ1n) is 12.5. The number of carbonyl (C=O) groups is 1. The molecule has 2 aromatic carbocycles. The van der Waals surface area contributed by atoms with Gasteiger partial charge >= 0.3 is 0 Å². The number of likely N-dealkylation sites (tertiary alicyclic amines) is 1. The third-order valence-electron chi connectivity index (χ3n) is 7.34. The van der Waals surface area contributed by atoms with Crippen molar-refractivity contribution >= 4 is 21.6 Å². The van der Waals surface area contributed by atoms with Gasteiger partial charge in [-0.25, -0.2) is 8.42 Å². The molecular weight excluding hydrogens is 446 g/mol. The van der Waals surface area contributed by atoms with Crippen molar-refractivity contribution < 1.29 is 13.2 Å². The van der Waals surface area contributed by atoms with Crippen molar-refractivity contribution in [3.63, 3.8) is 0 Å². The van der Waals surface area contributed by atoms with Gasteiger partial charge in [-0.3, -0.25) is 9.10 Å². The van der Waals surface area contributed by atoms with Gasteiger partial charge in [0, 0.05) is 38.3 Å². The summed E-state index contributed by atoms with van der Waals surface area (Å²) in [6.07, 6.45) is 8.85. The molecule has 0 aromatic heterocycles. The Kier molecular flexibility index (Phi) is 7.94. The van der Waals surface area contributed by atoms with Crippen LogP contribution in [0.4, 0.5) is 5.69 Å².